The number of quaternary nitrogens is 2. The second-order valence-electron chi connectivity index (χ2n) is 6.34. The van der Waals surface area contributed by atoms with Crippen LogP contribution in [0.1, 0.15) is 18.4 Å². The van der Waals surface area contributed by atoms with Crippen molar-refractivity contribution in [1.29, 1.82) is 0 Å². The van der Waals surface area contributed by atoms with Crippen molar-refractivity contribution in [2.24, 2.45) is 11.8 Å². The summed E-state index contributed by atoms with van der Waals surface area (Å²) in [6.07, 6.45) is 8.06. The standard InChI is InChI=1S/C17H20F2N2/c1-2-13-11-21-6-5-14(13)8-15(21)10-20-9-12-3-4-16(18)17(19)7-12/h1,3-4,7,13-15,20H,5-6,8-11H2/p+2/t13-,14-,15+/m0/s1. The lowest BCUT2D eigenvalue weighted by Gasteiger charge is -2.44. The molecule has 2 nitrogen and oxygen atoms in total. The van der Waals surface area contributed by atoms with Crippen molar-refractivity contribution in [3.63, 3.8) is 0 Å². The molecule has 4 atom stereocenters. The van der Waals surface area contributed by atoms with Gasteiger partial charge in [-0.05, 0) is 18.1 Å². The Balaban J connectivity index is 1.50. The van der Waals surface area contributed by atoms with Crippen molar-refractivity contribution >= 4 is 0 Å². The Morgan fingerprint density at radius 2 is 2.19 bits per heavy atom. The lowest BCUT2D eigenvalue weighted by molar-refractivity contribution is -0.958. The van der Waals surface area contributed by atoms with Gasteiger partial charge in [0.25, 0.3) is 0 Å². The topological polar surface area (TPSA) is 21.1 Å². The Morgan fingerprint density at radius 1 is 1.33 bits per heavy atom. The lowest BCUT2D eigenvalue weighted by Crippen LogP contribution is -3.21. The van der Waals surface area contributed by atoms with E-state index in [0.717, 1.165) is 18.7 Å². The highest BCUT2D eigenvalue weighted by molar-refractivity contribution is 5.16. The molecule has 4 rings (SSSR count). The highest BCUT2D eigenvalue weighted by Crippen LogP contribution is 2.25. The molecule has 0 radical (unpaired) electrons. The molecule has 2 bridgehead atoms. The number of benzene rings is 1. The van der Waals surface area contributed by atoms with E-state index in [9.17, 15) is 8.78 Å². The van der Waals surface area contributed by atoms with Crippen LogP contribution in [0.2, 0.25) is 0 Å². The lowest BCUT2D eigenvalue weighted by atomic mass is 9.76. The van der Waals surface area contributed by atoms with Crippen molar-refractivity contribution in [2.45, 2.75) is 25.4 Å². The molecule has 3 fully saturated rings. The van der Waals surface area contributed by atoms with Gasteiger partial charge in [-0.2, -0.15) is 0 Å². The second kappa shape index (κ2) is 6.13. The van der Waals surface area contributed by atoms with Gasteiger partial charge in [0.2, 0.25) is 0 Å². The van der Waals surface area contributed by atoms with Gasteiger partial charge in [-0.25, -0.2) is 8.78 Å². The molecule has 0 amide bonds. The second-order valence-corrected chi connectivity index (χ2v) is 6.34. The molecule has 4 heteroatoms. The third-order valence-electron chi connectivity index (χ3n) is 5.08. The van der Waals surface area contributed by atoms with Gasteiger partial charge in [-0.3, -0.25) is 0 Å². The Labute approximate surface area is 124 Å². The number of hydrogen-bond acceptors (Lipinski definition) is 0. The zero-order valence-corrected chi connectivity index (χ0v) is 12.1. The number of piperidine rings is 3. The zero-order chi connectivity index (χ0) is 14.8. The van der Waals surface area contributed by atoms with E-state index < -0.39 is 11.6 Å². The van der Waals surface area contributed by atoms with E-state index in [1.54, 1.807) is 11.0 Å². The van der Waals surface area contributed by atoms with Crippen LogP contribution in [0.5, 0.6) is 0 Å². The van der Waals surface area contributed by atoms with Crippen molar-refractivity contribution in [3.05, 3.63) is 35.4 Å². The van der Waals surface area contributed by atoms with Gasteiger partial charge in [-0.1, -0.05) is 12.0 Å². The fraction of sp³-hybridized carbons (Fsp3) is 0.529. The van der Waals surface area contributed by atoms with Crippen LogP contribution in [0.4, 0.5) is 8.78 Å². The summed E-state index contributed by atoms with van der Waals surface area (Å²) in [6, 6.07) is 4.80. The summed E-state index contributed by atoms with van der Waals surface area (Å²) in [4.78, 5) is 1.63. The van der Waals surface area contributed by atoms with Crippen LogP contribution in [0, 0.1) is 35.8 Å². The van der Waals surface area contributed by atoms with E-state index in [1.807, 2.05) is 0 Å². The van der Waals surface area contributed by atoms with Gasteiger partial charge in [-0.15, -0.1) is 6.42 Å². The normalized spacial score (nSPS) is 31.1. The average molecular weight is 292 g/mol. The molecule has 1 aromatic rings. The van der Waals surface area contributed by atoms with E-state index >= 15 is 0 Å². The molecular weight excluding hydrogens is 270 g/mol. The number of nitrogens with two attached hydrogens (primary N) is 1. The summed E-state index contributed by atoms with van der Waals surface area (Å²) in [7, 11) is 0. The summed E-state index contributed by atoms with van der Waals surface area (Å²) >= 11 is 0. The number of fused-ring (bicyclic) bond motifs is 3. The summed E-state index contributed by atoms with van der Waals surface area (Å²) in [5.74, 6) is 2.55. The van der Waals surface area contributed by atoms with Gasteiger partial charge >= 0.3 is 0 Å². The minimum absolute atomic E-state index is 0.455. The van der Waals surface area contributed by atoms with E-state index in [1.165, 1.54) is 31.5 Å². The SMILES string of the molecule is C#C[C@H]1C[NH+]2CC[C@H]1C[C@@H]2C[NH2+]Cc1ccc(F)c(F)c1. The van der Waals surface area contributed by atoms with Crippen LogP contribution in [0.3, 0.4) is 0 Å². The van der Waals surface area contributed by atoms with Crippen LogP contribution in [-0.4, -0.2) is 25.7 Å². The molecule has 112 valence electrons. The fourth-order valence-electron chi connectivity index (χ4n) is 3.88. The number of nitrogens with one attached hydrogen (secondary N) is 1. The Kier molecular flexibility index (Phi) is 4.23. The van der Waals surface area contributed by atoms with Gasteiger partial charge in [0, 0.05) is 18.4 Å². The highest BCUT2D eigenvalue weighted by atomic mass is 19.2. The third kappa shape index (κ3) is 3.09. The number of terminal acetylenes is 1. The summed E-state index contributed by atoms with van der Waals surface area (Å²) < 4.78 is 26.0. The van der Waals surface area contributed by atoms with Gasteiger partial charge in [0.15, 0.2) is 11.6 Å². The molecule has 3 aliphatic rings. The monoisotopic (exact) mass is 292 g/mol. The first kappa shape index (κ1) is 14.5. The maximum absolute atomic E-state index is 13.2. The average Bonchev–Trinajstić information content (AvgIpc) is 2.51. The zero-order valence-electron chi connectivity index (χ0n) is 12.1. The van der Waals surface area contributed by atoms with Crippen LogP contribution in [0.25, 0.3) is 0 Å². The summed E-state index contributed by atoms with van der Waals surface area (Å²) in [5, 5.41) is 2.20. The Bertz CT molecular complexity index is 552. The smallest absolute Gasteiger partial charge is 0.159 e. The van der Waals surface area contributed by atoms with Gasteiger partial charge in [0.1, 0.15) is 19.1 Å². The minimum atomic E-state index is -0.778. The maximum Gasteiger partial charge on any atom is 0.159 e. The number of hydrogen-bond donors (Lipinski definition) is 2. The molecule has 3 aliphatic heterocycles. The Morgan fingerprint density at radius 3 is 2.86 bits per heavy atom. The summed E-state index contributed by atoms with van der Waals surface area (Å²) in [6.45, 7) is 4.06. The first-order valence-corrected chi connectivity index (χ1v) is 7.73. The van der Waals surface area contributed by atoms with Crippen molar-refractivity contribution in [2.75, 3.05) is 19.6 Å². The Hall–Kier alpha value is -1.44. The molecule has 1 unspecified atom stereocenters. The van der Waals surface area contributed by atoms with E-state index in [4.69, 9.17) is 6.42 Å². The quantitative estimate of drug-likeness (QED) is 0.727. The first-order valence-electron chi connectivity index (χ1n) is 7.73. The van der Waals surface area contributed by atoms with Crippen molar-refractivity contribution in [1.82, 2.24) is 0 Å². The van der Waals surface area contributed by atoms with Crippen molar-refractivity contribution in [3.8, 4) is 12.3 Å². The largest absolute Gasteiger partial charge is 0.338 e. The van der Waals surface area contributed by atoms with Crippen LogP contribution in [-0.2, 0) is 6.54 Å². The molecule has 0 aromatic heterocycles. The molecule has 0 saturated carbocycles. The molecule has 3 heterocycles. The molecule has 1 aromatic carbocycles. The van der Waals surface area contributed by atoms with E-state index in [-0.39, 0.29) is 0 Å². The van der Waals surface area contributed by atoms with Crippen LogP contribution in [0.15, 0.2) is 18.2 Å². The number of rotatable bonds is 4. The van der Waals surface area contributed by atoms with E-state index in [0.29, 0.717) is 24.4 Å². The predicted octanol–water partition coefficient (Wildman–Crippen LogP) is -0.0453. The van der Waals surface area contributed by atoms with Crippen molar-refractivity contribution < 1.29 is 19.0 Å². The molecule has 3 N–H and O–H groups in total. The molecule has 21 heavy (non-hydrogen) atoms. The molecular formula is C17H22F2N2+2. The molecule has 3 saturated heterocycles. The van der Waals surface area contributed by atoms with E-state index in [2.05, 4.69) is 11.2 Å². The van der Waals surface area contributed by atoms with Crippen LogP contribution >= 0.6 is 0 Å². The van der Waals surface area contributed by atoms with Crippen LogP contribution < -0.4 is 10.2 Å². The first-order chi connectivity index (χ1) is 10.2. The minimum Gasteiger partial charge on any atom is -0.338 e. The number of halogens is 2. The predicted molar refractivity (Wildman–Crippen MR) is 76.4 cm³/mol. The van der Waals surface area contributed by atoms with Gasteiger partial charge < -0.3 is 10.2 Å². The third-order valence-corrected chi connectivity index (χ3v) is 5.08. The maximum atomic E-state index is 13.2. The molecule has 0 spiro atoms. The highest BCUT2D eigenvalue weighted by Gasteiger charge is 2.43. The fourth-order valence-corrected chi connectivity index (χ4v) is 3.88. The van der Waals surface area contributed by atoms with Gasteiger partial charge in [0.05, 0.1) is 19.0 Å². The molecule has 0 aliphatic carbocycles. The summed E-state index contributed by atoms with van der Waals surface area (Å²) in [5.41, 5.74) is 0.835.